The Morgan fingerprint density at radius 3 is 2.17 bits per heavy atom. The van der Waals surface area contributed by atoms with E-state index >= 15 is 0 Å². The summed E-state index contributed by atoms with van der Waals surface area (Å²) in [5, 5.41) is 1.50. The van der Waals surface area contributed by atoms with Gasteiger partial charge in [0, 0.05) is 17.7 Å². The van der Waals surface area contributed by atoms with E-state index in [1.54, 1.807) is 0 Å². The van der Waals surface area contributed by atoms with Crippen molar-refractivity contribution in [3.8, 4) is 22.4 Å². The molecule has 0 saturated heterocycles. The third-order valence-corrected chi connectivity index (χ3v) is 6.68. The number of nitrogens with zero attached hydrogens (tertiary/aromatic N) is 1. The van der Waals surface area contributed by atoms with Gasteiger partial charge in [0.15, 0.2) is 6.20 Å². The van der Waals surface area contributed by atoms with Crippen molar-refractivity contribution in [2.45, 2.75) is 26.6 Å². The van der Waals surface area contributed by atoms with Gasteiger partial charge < -0.3 is 0 Å². The molecule has 0 N–H and O–H groups in total. The maximum absolute atomic E-state index is 2.40. The smallest absolute Gasteiger partial charge is 0.201 e. The van der Waals surface area contributed by atoms with Crippen LogP contribution in [0.1, 0.15) is 5.56 Å². The molecule has 0 aliphatic heterocycles. The molecular weight excluding hydrogens is 306 g/mol. The third kappa shape index (κ3) is 3.34. The maximum atomic E-state index is 2.40. The topological polar surface area (TPSA) is 3.88 Å². The number of rotatable bonds is 3. The summed E-state index contributed by atoms with van der Waals surface area (Å²) in [6.45, 7) is 9.41. The van der Waals surface area contributed by atoms with E-state index in [1.807, 2.05) is 0 Å². The van der Waals surface area contributed by atoms with Crippen molar-refractivity contribution in [2.24, 2.45) is 7.05 Å². The lowest BCUT2D eigenvalue weighted by atomic mass is 9.97. The second-order valence-corrected chi connectivity index (χ2v) is 12.6. The molecule has 2 heteroatoms. The van der Waals surface area contributed by atoms with Gasteiger partial charge in [-0.25, -0.2) is 4.57 Å². The van der Waals surface area contributed by atoms with E-state index in [0.717, 1.165) is 0 Å². The minimum absolute atomic E-state index is 1.27. The lowest BCUT2D eigenvalue weighted by Crippen LogP contribution is -2.42. The molecule has 0 aliphatic rings. The summed E-state index contributed by atoms with van der Waals surface area (Å²) in [6, 6.07) is 22.1. The second kappa shape index (κ2) is 6.37. The van der Waals surface area contributed by atoms with E-state index in [2.05, 4.69) is 105 Å². The van der Waals surface area contributed by atoms with E-state index in [0.29, 0.717) is 0 Å². The molecule has 0 saturated carbocycles. The van der Waals surface area contributed by atoms with E-state index in [9.17, 15) is 0 Å². The van der Waals surface area contributed by atoms with Gasteiger partial charge >= 0.3 is 0 Å². The molecule has 3 rings (SSSR count). The predicted octanol–water partition coefficient (Wildman–Crippen LogP) is 4.70. The monoisotopic (exact) mass is 332 g/mol. The van der Waals surface area contributed by atoms with Crippen LogP contribution >= 0.6 is 0 Å². The Hall–Kier alpha value is -2.19. The van der Waals surface area contributed by atoms with Crippen LogP contribution in [0.4, 0.5) is 0 Å². The van der Waals surface area contributed by atoms with Crippen LogP contribution in [0.3, 0.4) is 0 Å². The van der Waals surface area contributed by atoms with Crippen molar-refractivity contribution in [3.63, 3.8) is 0 Å². The Kier molecular flexibility index (Phi) is 4.42. The molecule has 2 aromatic carbocycles. The Morgan fingerprint density at radius 1 is 0.792 bits per heavy atom. The van der Waals surface area contributed by atoms with Gasteiger partial charge in [0.25, 0.3) is 0 Å². The molecule has 0 aliphatic carbocycles. The first-order valence-corrected chi connectivity index (χ1v) is 12.0. The lowest BCUT2D eigenvalue weighted by molar-refractivity contribution is -0.660. The number of aryl methyl sites for hydroxylation is 2. The van der Waals surface area contributed by atoms with Crippen molar-refractivity contribution in [1.82, 2.24) is 0 Å². The molecule has 0 fully saturated rings. The highest BCUT2D eigenvalue weighted by Gasteiger charge is 2.21. The van der Waals surface area contributed by atoms with Crippen LogP contribution in [-0.4, -0.2) is 8.07 Å². The molecule has 1 aromatic heterocycles. The standard InChI is InChI=1S/C22H26NSi/c1-17-11-12-19(18-9-7-6-8-10-18)15-21(17)22-16-20(24(3,4)5)13-14-23(22)2/h6-16H,1-5H3/q+1. The zero-order valence-electron chi connectivity index (χ0n) is 15.3. The van der Waals surface area contributed by atoms with Crippen LogP contribution in [0, 0.1) is 6.92 Å². The first kappa shape index (κ1) is 16.7. The van der Waals surface area contributed by atoms with E-state index in [4.69, 9.17) is 0 Å². The average molecular weight is 333 g/mol. The molecule has 122 valence electrons. The zero-order valence-corrected chi connectivity index (χ0v) is 16.3. The fourth-order valence-electron chi connectivity index (χ4n) is 3.01. The summed E-state index contributed by atoms with van der Waals surface area (Å²) in [5.74, 6) is 0. The summed E-state index contributed by atoms with van der Waals surface area (Å²) < 4.78 is 2.24. The summed E-state index contributed by atoms with van der Waals surface area (Å²) in [6.07, 6.45) is 2.21. The van der Waals surface area contributed by atoms with Crippen LogP contribution in [0.15, 0.2) is 66.9 Å². The van der Waals surface area contributed by atoms with Crippen LogP contribution in [0.2, 0.25) is 19.6 Å². The molecule has 1 nitrogen and oxygen atoms in total. The van der Waals surface area contributed by atoms with Gasteiger partial charge in [-0.1, -0.05) is 62.1 Å². The highest BCUT2D eigenvalue weighted by Crippen LogP contribution is 2.27. The highest BCUT2D eigenvalue weighted by molar-refractivity contribution is 6.88. The molecule has 1 heterocycles. The van der Waals surface area contributed by atoms with Crippen LogP contribution in [-0.2, 0) is 7.05 Å². The highest BCUT2D eigenvalue weighted by atomic mass is 28.3. The number of hydrogen-bond acceptors (Lipinski definition) is 0. The molecule has 0 amide bonds. The molecule has 0 radical (unpaired) electrons. The Morgan fingerprint density at radius 2 is 1.50 bits per heavy atom. The van der Waals surface area contributed by atoms with E-state index < -0.39 is 8.07 Å². The minimum atomic E-state index is -1.33. The molecule has 24 heavy (non-hydrogen) atoms. The van der Waals surface area contributed by atoms with E-state index in [1.165, 1.54) is 33.1 Å². The van der Waals surface area contributed by atoms with Crippen molar-refractivity contribution >= 4 is 13.3 Å². The number of hydrogen-bond donors (Lipinski definition) is 0. The van der Waals surface area contributed by atoms with Crippen LogP contribution in [0.25, 0.3) is 22.4 Å². The summed E-state index contributed by atoms with van der Waals surface area (Å²) >= 11 is 0. The predicted molar refractivity (Wildman–Crippen MR) is 106 cm³/mol. The molecule has 0 unspecified atom stereocenters. The summed E-state index contributed by atoms with van der Waals surface area (Å²) in [5.41, 5.74) is 6.47. The Balaban J connectivity index is 2.16. The van der Waals surface area contributed by atoms with Gasteiger partial charge in [-0.2, -0.15) is 0 Å². The Labute approximate surface area is 146 Å². The zero-order chi connectivity index (χ0) is 17.3. The molecule has 0 bridgehead atoms. The molecular formula is C22H26NSi+. The lowest BCUT2D eigenvalue weighted by Gasteiger charge is -2.17. The van der Waals surface area contributed by atoms with E-state index in [-0.39, 0.29) is 0 Å². The van der Waals surface area contributed by atoms with Crippen LogP contribution in [0.5, 0.6) is 0 Å². The molecule has 3 aromatic rings. The van der Waals surface area contributed by atoms with Gasteiger partial charge in [0.1, 0.15) is 7.05 Å². The fraction of sp³-hybridized carbons (Fsp3) is 0.227. The van der Waals surface area contributed by atoms with Crippen molar-refractivity contribution in [2.75, 3.05) is 0 Å². The quantitative estimate of drug-likeness (QED) is 0.483. The SMILES string of the molecule is Cc1ccc(-c2ccccc2)cc1-c1cc([Si](C)(C)C)cc[n+]1C. The molecule has 0 atom stereocenters. The van der Waals surface area contributed by atoms with Gasteiger partial charge in [-0.3, -0.25) is 0 Å². The van der Waals surface area contributed by atoms with Crippen LogP contribution < -0.4 is 9.75 Å². The van der Waals surface area contributed by atoms with Crippen molar-refractivity contribution < 1.29 is 4.57 Å². The molecule has 0 spiro atoms. The summed E-state index contributed by atoms with van der Waals surface area (Å²) in [4.78, 5) is 0. The average Bonchev–Trinajstić information content (AvgIpc) is 2.56. The van der Waals surface area contributed by atoms with Gasteiger partial charge in [0.05, 0.1) is 8.07 Å². The first-order chi connectivity index (χ1) is 11.4. The maximum Gasteiger partial charge on any atom is 0.212 e. The normalized spacial score (nSPS) is 11.5. The number of pyridine rings is 1. The third-order valence-electron chi connectivity index (χ3n) is 4.64. The Bertz CT molecular complexity index is 861. The largest absolute Gasteiger partial charge is 0.212 e. The van der Waals surface area contributed by atoms with Crippen molar-refractivity contribution in [3.05, 3.63) is 72.4 Å². The van der Waals surface area contributed by atoms with Gasteiger partial charge in [0.2, 0.25) is 5.69 Å². The summed E-state index contributed by atoms with van der Waals surface area (Å²) in [7, 11) is 0.808. The number of aromatic nitrogens is 1. The van der Waals surface area contributed by atoms with Crippen molar-refractivity contribution in [1.29, 1.82) is 0 Å². The fourth-order valence-corrected chi connectivity index (χ4v) is 4.16. The van der Waals surface area contributed by atoms with Gasteiger partial charge in [-0.15, -0.1) is 0 Å². The minimum Gasteiger partial charge on any atom is -0.201 e. The second-order valence-electron chi connectivity index (χ2n) is 7.56. The van der Waals surface area contributed by atoms with Gasteiger partial charge in [-0.05, 0) is 34.9 Å². The number of benzene rings is 2. The first-order valence-electron chi connectivity index (χ1n) is 8.53.